The molecule has 3 aromatic heterocycles. The largest absolute Gasteiger partial charge is 0.519 e. The minimum atomic E-state index is -0.0369. The first-order valence-electron chi connectivity index (χ1n) is 13.3. The van der Waals surface area contributed by atoms with Gasteiger partial charge >= 0.3 is 7.12 Å². The van der Waals surface area contributed by atoms with Gasteiger partial charge in [-0.2, -0.15) is 0 Å². The highest BCUT2D eigenvalue weighted by Crippen LogP contribution is 2.51. The normalized spacial score (nSPS) is 13.5. The van der Waals surface area contributed by atoms with E-state index >= 15 is 0 Å². The molecular weight excluding hydrogens is 495 g/mol. The molecule has 39 heavy (non-hydrogen) atoms. The summed E-state index contributed by atoms with van der Waals surface area (Å²) in [5.41, 5.74) is 8.69. The maximum atomic E-state index is 4.79. The van der Waals surface area contributed by atoms with Crippen molar-refractivity contribution in [2.24, 2.45) is 0 Å². The fourth-order valence-electron chi connectivity index (χ4n) is 6.99. The summed E-state index contributed by atoms with van der Waals surface area (Å²) in [4.78, 5) is 7.30. The molecule has 2 aliphatic heterocycles. The van der Waals surface area contributed by atoms with Gasteiger partial charge in [-0.25, -0.2) is 4.98 Å². The number of hydrogen-bond acceptors (Lipinski definition) is 3. The third-order valence-electron chi connectivity index (χ3n) is 8.54. The van der Waals surface area contributed by atoms with Gasteiger partial charge in [-0.05, 0) is 47.5 Å². The van der Waals surface area contributed by atoms with Gasteiger partial charge < -0.3 is 13.8 Å². The number of rotatable bonds is 1. The monoisotopic (exact) mass is 514 g/mol. The third-order valence-corrected chi connectivity index (χ3v) is 9.76. The van der Waals surface area contributed by atoms with Crippen LogP contribution in [0.1, 0.15) is 0 Å². The highest BCUT2D eigenvalue weighted by atomic mass is 32.1. The van der Waals surface area contributed by atoms with E-state index in [0.717, 1.165) is 5.82 Å². The molecule has 5 aromatic carbocycles. The van der Waals surface area contributed by atoms with Crippen molar-refractivity contribution >= 4 is 71.8 Å². The molecular formula is C33H19BN4S. The minimum absolute atomic E-state index is 0.0369. The number of para-hydroxylation sites is 2. The second-order valence-electron chi connectivity index (χ2n) is 10.5. The maximum absolute atomic E-state index is 4.79. The van der Waals surface area contributed by atoms with Crippen LogP contribution in [0.3, 0.4) is 0 Å². The number of hydrogen-bond donors (Lipinski definition) is 0. The summed E-state index contributed by atoms with van der Waals surface area (Å²) in [7, 11) is -0.0369. The van der Waals surface area contributed by atoms with Crippen molar-refractivity contribution in [1.29, 1.82) is 0 Å². The van der Waals surface area contributed by atoms with Crippen LogP contribution in [-0.2, 0) is 0 Å². The molecule has 0 fully saturated rings. The van der Waals surface area contributed by atoms with E-state index in [1.807, 2.05) is 17.5 Å². The lowest BCUT2D eigenvalue weighted by molar-refractivity contribution is 1.06. The zero-order valence-corrected chi connectivity index (χ0v) is 21.6. The third kappa shape index (κ3) is 2.39. The molecule has 0 spiro atoms. The number of thiophene rings is 1. The Morgan fingerprint density at radius 2 is 1.46 bits per heavy atom. The van der Waals surface area contributed by atoms with Gasteiger partial charge in [-0.1, -0.05) is 66.7 Å². The van der Waals surface area contributed by atoms with Gasteiger partial charge in [0.05, 0.1) is 11.2 Å². The van der Waals surface area contributed by atoms with E-state index in [4.69, 9.17) is 4.98 Å². The summed E-state index contributed by atoms with van der Waals surface area (Å²) >= 11 is 1.89. The average molecular weight is 514 g/mol. The number of nitrogens with zero attached hydrogens (tertiary/aromatic N) is 4. The molecule has 0 bridgehead atoms. The highest BCUT2D eigenvalue weighted by molar-refractivity contribution is 7.26. The van der Waals surface area contributed by atoms with E-state index in [1.54, 1.807) is 0 Å². The SMILES string of the molecule is c1ccc2c(c1)-c1nccn1B1N2c2cc(-c3cccc4c3sc3ccccc34)cc3c4ccccc4n1c23. The van der Waals surface area contributed by atoms with Crippen molar-refractivity contribution in [2.45, 2.75) is 0 Å². The van der Waals surface area contributed by atoms with Crippen LogP contribution >= 0.6 is 11.3 Å². The van der Waals surface area contributed by atoms with E-state index in [2.05, 4.69) is 123 Å². The van der Waals surface area contributed by atoms with Crippen LogP contribution in [0.2, 0.25) is 0 Å². The quantitative estimate of drug-likeness (QED) is 0.205. The fraction of sp³-hybridized carbons (Fsp3) is 0. The number of anilines is 2. The molecule has 10 rings (SSSR count). The van der Waals surface area contributed by atoms with Crippen LogP contribution in [0.4, 0.5) is 11.4 Å². The van der Waals surface area contributed by atoms with Crippen LogP contribution < -0.4 is 4.81 Å². The Morgan fingerprint density at radius 3 is 2.44 bits per heavy atom. The molecule has 4 nitrogen and oxygen atoms in total. The molecule has 0 N–H and O–H groups in total. The topological polar surface area (TPSA) is 26.0 Å². The van der Waals surface area contributed by atoms with Crippen LogP contribution in [0, 0.1) is 0 Å². The van der Waals surface area contributed by atoms with E-state index < -0.39 is 0 Å². The summed E-state index contributed by atoms with van der Waals surface area (Å²) in [5, 5.41) is 5.25. The standard InChI is InChI=1S/C33H19BN4S/c1-4-13-27-22(8-1)26-18-20(21-11-7-12-24-23-9-3-6-15-30(23)39-32(21)24)19-29-31(26)38(27)34-36-17-16-35-33(36)25-10-2-5-14-28(25)37(29)34/h1-19H. The molecule has 180 valence electrons. The Labute approximate surface area is 228 Å². The second-order valence-corrected chi connectivity index (χ2v) is 11.5. The Kier molecular flexibility index (Phi) is 3.62. The predicted molar refractivity (Wildman–Crippen MR) is 164 cm³/mol. The second kappa shape index (κ2) is 6.98. The van der Waals surface area contributed by atoms with E-state index in [0.29, 0.717) is 0 Å². The maximum Gasteiger partial charge on any atom is 0.519 e. The number of fused-ring (bicyclic) bond motifs is 14. The van der Waals surface area contributed by atoms with Gasteiger partial charge in [0.25, 0.3) is 0 Å². The Bertz CT molecular complexity index is 2320. The van der Waals surface area contributed by atoms with Crippen LogP contribution in [-0.4, -0.2) is 21.1 Å². The van der Waals surface area contributed by atoms with Crippen molar-refractivity contribution in [2.75, 3.05) is 4.81 Å². The number of benzene rings is 5. The average Bonchev–Trinajstić information content (AvgIpc) is 3.76. The Balaban J connectivity index is 1.35. The minimum Gasteiger partial charge on any atom is -0.343 e. The van der Waals surface area contributed by atoms with Gasteiger partial charge in [0.15, 0.2) is 0 Å². The van der Waals surface area contributed by atoms with Crippen molar-refractivity contribution in [3.8, 4) is 22.5 Å². The van der Waals surface area contributed by atoms with Crippen molar-refractivity contribution in [1.82, 2.24) is 13.9 Å². The zero-order valence-electron chi connectivity index (χ0n) is 20.7. The van der Waals surface area contributed by atoms with Crippen molar-refractivity contribution in [3.63, 3.8) is 0 Å². The lowest BCUT2D eigenvalue weighted by Gasteiger charge is -2.33. The predicted octanol–water partition coefficient (Wildman–Crippen LogP) is 8.54. The molecule has 0 atom stereocenters. The van der Waals surface area contributed by atoms with Crippen molar-refractivity contribution in [3.05, 3.63) is 116 Å². The first-order valence-corrected chi connectivity index (χ1v) is 14.1. The molecule has 0 unspecified atom stereocenters. The van der Waals surface area contributed by atoms with Crippen LogP contribution in [0.5, 0.6) is 0 Å². The summed E-state index contributed by atoms with van der Waals surface area (Å²) in [6.07, 6.45) is 4.04. The Hall–Kier alpha value is -4.81. The van der Waals surface area contributed by atoms with Gasteiger partial charge in [-0.15, -0.1) is 11.3 Å². The molecule has 2 aliphatic rings. The smallest absolute Gasteiger partial charge is 0.343 e. The highest BCUT2D eigenvalue weighted by Gasteiger charge is 2.46. The lowest BCUT2D eigenvalue weighted by atomic mass is 9.84. The molecule has 0 radical (unpaired) electrons. The molecule has 0 amide bonds. The molecule has 0 saturated heterocycles. The van der Waals surface area contributed by atoms with Crippen LogP contribution in [0.25, 0.3) is 64.5 Å². The Morgan fingerprint density at radius 1 is 0.667 bits per heavy atom. The number of imidazole rings is 1. The van der Waals surface area contributed by atoms with Crippen LogP contribution in [0.15, 0.2) is 116 Å². The summed E-state index contributed by atoms with van der Waals surface area (Å²) < 4.78 is 7.50. The van der Waals surface area contributed by atoms with E-state index in [1.165, 1.54) is 70.0 Å². The first-order chi connectivity index (χ1) is 19.4. The molecule has 0 saturated carbocycles. The van der Waals surface area contributed by atoms with Gasteiger partial charge in [0.1, 0.15) is 5.82 Å². The summed E-state index contributed by atoms with van der Waals surface area (Å²) in [6.45, 7) is 0. The van der Waals surface area contributed by atoms with Crippen molar-refractivity contribution < 1.29 is 0 Å². The van der Waals surface area contributed by atoms with E-state index in [-0.39, 0.29) is 7.12 Å². The lowest BCUT2D eigenvalue weighted by Crippen LogP contribution is -2.47. The zero-order chi connectivity index (χ0) is 25.2. The van der Waals surface area contributed by atoms with Gasteiger partial charge in [0, 0.05) is 60.1 Å². The number of aromatic nitrogens is 3. The summed E-state index contributed by atoms with van der Waals surface area (Å²) in [5.74, 6) is 1.01. The first kappa shape index (κ1) is 20.2. The van der Waals surface area contributed by atoms with Gasteiger partial charge in [0.2, 0.25) is 0 Å². The molecule has 0 aliphatic carbocycles. The summed E-state index contributed by atoms with van der Waals surface area (Å²) in [6, 6.07) is 37.8. The fourth-order valence-corrected chi connectivity index (χ4v) is 8.23. The molecule has 8 aromatic rings. The van der Waals surface area contributed by atoms with E-state index in [9.17, 15) is 0 Å². The molecule has 6 heteroatoms. The molecule has 5 heterocycles. The van der Waals surface area contributed by atoms with Gasteiger partial charge in [-0.3, -0.25) is 0 Å².